The maximum absolute atomic E-state index is 12.9. The molecule has 0 atom stereocenters. The first-order valence-corrected chi connectivity index (χ1v) is 11.7. The number of nitrogens with zero attached hydrogens (tertiary/aromatic N) is 1. The third kappa shape index (κ3) is 6.51. The molecular weight excluding hydrogens is 437 g/mol. The van der Waals surface area contributed by atoms with Crippen molar-refractivity contribution in [1.29, 1.82) is 0 Å². The number of thioether (sulfide) groups is 1. The zero-order valence-corrected chi connectivity index (χ0v) is 18.8. The van der Waals surface area contributed by atoms with E-state index >= 15 is 0 Å². The van der Waals surface area contributed by atoms with Crippen molar-refractivity contribution in [3.8, 4) is 0 Å². The molecule has 0 aliphatic heterocycles. The fraction of sp³-hybridized carbons (Fsp3) is 0.417. The summed E-state index contributed by atoms with van der Waals surface area (Å²) in [4.78, 5) is 27.8. The summed E-state index contributed by atoms with van der Waals surface area (Å²) in [6.45, 7) is -0.0227. The van der Waals surface area contributed by atoms with Crippen molar-refractivity contribution in [3.05, 3.63) is 65.2 Å². The van der Waals surface area contributed by atoms with E-state index in [1.54, 1.807) is 24.3 Å². The molecule has 0 bridgehead atoms. The molecule has 1 aliphatic rings. The first-order valence-electron chi connectivity index (χ1n) is 10.7. The number of carbonyl (C=O) groups excluding carboxylic acids is 2. The summed E-state index contributed by atoms with van der Waals surface area (Å²) >= 11 is 1.30. The highest BCUT2D eigenvalue weighted by Gasteiger charge is 2.30. The minimum Gasteiger partial charge on any atom is -0.348 e. The lowest BCUT2D eigenvalue weighted by Gasteiger charge is -2.31. The molecule has 2 amide bonds. The lowest BCUT2D eigenvalue weighted by molar-refractivity contribution is -0.137. The van der Waals surface area contributed by atoms with Gasteiger partial charge in [-0.1, -0.05) is 43.5 Å². The number of hydrogen-bond acceptors (Lipinski definition) is 3. The number of amides is 2. The zero-order valence-electron chi connectivity index (χ0n) is 18.0. The van der Waals surface area contributed by atoms with Gasteiger partial charge in [-0.15, -0.1) is 11.8 Å². The summed E-state index contributed by atoms with van der Waals surface area (Å²) in [7, 11) is 1.84. The van der Waals surface area contributed by atoms with E-state index in [1.807, 2.05) is 11.9 Å². The van der Waals surface area contributed by atoms with Gasteiger partial charge in [0.2, 0.25) is 5.91 Å². The quantitative estimate of drug-likeness (QED) is 0.549. The summed E-state index contributed by atoms with van der Waals surface area (Å²) < 4.78 is 38.7. The number of halogens is 3. The average molecular weight is 465 g/mol. The second kappa shape index (κ2) is 10.9. The Morgan fingerprint density at radius 1 is 1.06 bits per heavy atom. The van der Waals surface area contributed by atoms with Gasteiger partial charge in [-0.3, -0.25) is 9.59 Å². The summed E-state index contributed by atoms with van der Waals surface area (Å²) in [5, 5.41) is 2.68. The Labute approximate surface area is 190 Å². The van der Waals surface area contributed by atoms with Crippen molar-refractivity contribution in [2.24, 2.45) is 0 Å². The summed E-state index contributed by atoms with van der Waals surface area (Å²) in [6, 6.07) is 12.1. The highest BCUT2D eigenvalue weighted by molar-refractivity contribution is 8.00. The second-order valence-corrected chi connectivity index (χ2v) is 8.98. The molecule has 0 spiro atoms. The molecule has 172 valence electrons. The molecule has 32 heavy (non-hydrogen) atoms. The smallest absolute Gasteiger partial charge is 0.348 e. The van der Waals surface area contributed by atoms with Gasteiger partial charge in [-0.05, 0) is 42.7 Å². The topological polar surface area (TPSA) is 49.4 Å². The Morgan fingerprint density at radius 2 is 1.78 bits per heavy atom. The first kappa shape index (κ1) is 24.2. The molecule has 0 saturated heterocycles. The molecule has 3 rings (SSSR count). The van der Waals surface area contributed by atoms with Crippen LogP contribution in [0.15, 0.2) is 53.4 Å². The summed E-state index contributed by atoms with van der Waals surface area (Å²) in [5.41, 5.74) is 0.0148. The van der Waals surface area contributed by atoms with Crippen LogP contribution < -0.4 is 5.32 Å². The fourth-order valence-electron chi connectivity index (χ4n) is 3.83. The normalized spacial score (nSPS) is 14.8. The van der Waals surface area contributed by atoms with Gasteiger partial charge in [0.05, 0.1) is 16.9 Å². The monoisotopic (exact) mass is 464 g/mol. The van der Waals surface area contributed by atoms with Gasteiger partial charge in [-0.2, -0.15) is 13.2 Å². The number of benzene rings is 2. The molecule has 1 aliphatic carbocycles. The van der Waals surface area contributed by atoms with Crippen LogP contribution in [0.3, 0.4) is 0 Å². The van der Waals surface area contributed by atoms with Crippen LogP contribution in [0.2, 0.25) is 0 Å². The molecule has 4 nitrogen and oxygen atoms in total. The molecule has 0 unspecified atom stereocenters. The van der Waals surface area contributed by atoms with Gasteiger partial charge in [0.25, 0.3) is 5.91 Å². The highest BCUT2D eigenvalue weighted by atomic mass is 32.2. The standard InChI is InChI=1S/C24H27F3N2O2S/c1-29(19-10-3-2-4-11-19)22(30)16-32-21-13-6-5-12-20(21)23(31)28-15-17-8-7-9-18(14-17)24(25,26)27/h5-9,12-14,19H,2-4,10-11,15-16H2,1H3,(H,28,31). The van der Waals surface area contributed by atoms with Crippen molar-refractivity contribution in [2.45, 2.75) is 55.8 Å². The Hall–Kier alpha value is -2.48. The van der Waals surface area contributed by atoms with E-state index in [4.69, 9.17) is 0 Å². The van der Waals surface area contributed by atoms with Gasteiger partial charge in [0.1, 0.15) is 0 Å². The molecule has 2 aromatic rings. The largest absolute Gasteiger partial charge is 0.416 e. The molecule has 8 heteroatoms. The second-order valence-electron chi connectivity index (χ2n) is 7.96. The van der Waals surface area contributed by atoms with E-state index in [9.17, 15) is 22.8 Å². The molecule has 1 N–H and O–H groups in total. The summed E-state index contributed by atoms with van der Waals surface area (Å²) in [5.74, 6) is -0.134. The molecule has 0 heterocycles. The maximum Gasteiger partial charge on any atom is 0.416 e. The van der Waals surface area contributed by atoms with Crippen molar-refractivity contribution in [1.82, 2.24) is 10.2 Å². The van der Waals surface area contributed by atoms with Gasteiger partial charge < -0.3 is 10.2 Å². The Bertz CT molecular complexity index is 943. The Kier molecular flexibility index (Phi) is 8.23. The molecule has 2 aromatic carbocycles. The van der Waals surface area contributed by atoms with E-state index in [0.717, 1.165) is 37.8 Å². The number of hydrogen-bond donors (Lipinski definition) is 1. The van der Waals surface area contributed by atoms with Crippen molar-refractivity contribution >= 4 is 23.6 Å². The third-order valence-electron chi connectivity index (χ3n) is 5.71. The van der Waals surface area contributed by atoms with Gasteiger partial charge in [-0.25, -0.2) is 0 Å². The Balaban J connectivity index is 1.59. The van der Waals surface area contributed by atoms with Crippen LogP contribution in [0, 0.1) is 0 Å². The SMILES string of the molecule is CN(C(=O)CSc1ccccc1C(=O)NCc1cccc(C(F)(F)F)c1)C1CCCCC1. The zero-order chi connectivity index (χ0) is 23.1. The van der Waals surface area contributed by atoms with Crippen LogP contribution >= 0.6 is 11.8 Å². The van der Waals surface area contributed by atoms with Gasteiger partial charge in [0.15, 0.2) is 0 Å². The molecule has 1 saturated carbocycles. The molecular formula is C24H27F3N2O2S. The lowest BCUT2D eigenvalue weighted by atomic mass is 9.94. The predicted octanol–water partition coefficient (Wildman–Crippen LogP) is 5.52. The lowest BCUT2D eigenvalue weighted by Crippen LogP contribution is -2.39. The van der Waals surface area contributed by atoms with Crippen molar-refractivity contribution in [3.63, 3.8) is 0 Å². The van der Waals surface area contributed by atoms with E-state index in [0.29, 0.717) is 16.0 Å². The molecule has 0 radical (unpaired) electrons. The van der Waals surface area contributed by atoms with E-state index in [2.05, 4.69) is 5.32 Å². The van der Waals surface area contributed by atoms with Crippen LogP contribution in [0.4, 0.5) is 13.2 Å². The van der Waals surface area contributed by atoms with Crippen LogP contribution in [0.1, 0.15) is 53.6 Å². The van der Waals surface area contributed by atoms with Crippen LogP contribution in [0.5, 0.6) is 0 Å². The number of nitrogens with one attached hydrogen (secondary N) is 1. The van der Waals surface area contributed by atoms with E-state index in [-0.39, 0.29) is 24.2 Å². The highest BCUT2D eigenvalue weighted by Crippen LogP contribution is 2.30. The predicted molar refractivity (Wildman–Crippen MR) is 119 cm³/mol. The maximum atomic E-state index is 12.9. The fourth-order valence-corrected chi connectivity index (χ4v) is 4.80. The number of alkyl halides is 3. The molecule has 0 aromatic heterocycles. The average Bonchev–Trinajstić information content (AvgIpc) is 2.81. The van der Waals surface area contributed by atoms with Crippen LogP contribution in [-0.4, -0.2) is 35.6 Å². The van der Waals surface area contributed by atoms with Crippen LogP contribution in [0.25, 0.3) is 0 Å². The minimum absolute atomic E-state index is 0.0227. The van der Waals surface area contributed by atoms with Crippen molar-refractivity contribution in [2.75, 3.05) is 12.8 Å². The van der Waals surface area contributed by atoms with Gasteiger partial charge >= 0.3 is 6.18 Å². The third-order valence-corrected chi connectivity index (χ3v) is 6.76. The van der Waals surface area contributed by atoms with Gasteiger partial charge in [0, 0.05) is 24.5 Å². The number of carbonyl (C=O) groups is 2. The minimum atomic E-state index is -4.43. The van der Waals surface area contributed by atoms with Crippen molar-refractivity contribution < 1.29 is 22.8 Å². The Morgan fingerprint density at radius 3 is 2.50 bits per heavy atom. The first-order chi connectivity index (χ1) is 15.3. The summed E-state index contributed by atoms with van der Waals surface area (Å²) in [6.07, 6.45) is 1.13. The van der Waals surface area contributed by atoms with Crippen LogP contribution in [-0.2, 0) is 17.5 Å². The molecule has 1 fully saturated rings. The van der Waals surface area contributed by atoms with E-state index in [1.165, 1.54) is 30.3 Å². The van der Waals surface area contributed by atoms with E-state index < -0.39 is 17.6 Å². The number of rotatable bonds is 7.